The molecule has 1 aromatic rings. The average molecular weight is 362 g/mol. The molecule has 0 aliphatic rings. The lowest BCUT2D eigenvalue weighted by Gasteiger charge is -2.18. The maximum Gasteiger partial charge on any atom is 0.534 e. The average Bonchev–Trinajstić information content (AvgIpc) is 2.36. The van der Waals surface area contributed by atoms with E-state index in [9.17, 15) is 26.4 Å². The number of alkyl halides is 3. The Bertz CT molecular complexity index is 703. The zero-order valence-corrected chi connectivity index (χ0v) is 13.1. The summed E-state index contributed by atoms with van der Waals surface area (Å²) in [5.74, 6) is -1.58. The van der Waals surface area contributed by atoms with Crippen LogP contribution in [-0.2, 0) is 15.0 Å². The molecule has 0 saturated heterocycles. The Morgan fingerprint density at radius 1 is 1.36 bits per heavy atom. The van der Waals surface area contributed by atoms with E-state index in [1.54, 1.807) is 0 Å². The minimum atomic E-state index is -5.97. The molecule has 1 rings (SSSR count). The van der Waals surface area contributed by atoms with Crippen molar-refractivity contribution in [1.29, 1.82) is 0 Å². The van der Waals surface area contributed by atoms with Gasteiger partial charge in [0.1, 0.15) is 5.69 Å². The highest BCUT2D eigenvalue weighted by molar-refractivity contribution is 7.88. The highest BCUT2D eigenvalue weighted by atomic mass is 35.5. The molecule has 0 fully saturated rings. The Morgan fingerprint density at radius 2 is 1.91 bits per heavy atom. The fourth-order valence-electron chi connectivity index (χ4n) is 1.45. The predicted octanol–water partition coefficient (Wildman–Crippen LogP) is 3.05. The van der Waals surface area contributed by atoms with Crippen LogP contribution in [-0.4, -0.2) is 26.8 Å². The fourth-order valence-corrected chi connectivity index (χ4v) is 2.15. The van der Waals surface area contributed by atoms with E-state index in [0.717, 1.165) is 20.1 Å². The van der Waals surface area contributed by atoms with Gasteiger partial charge in [-0.15, -0.1) is 0 Å². The second-order valence-corrected chi connectivity index (χ2v) is 6.03. The zero-order valence-electron chi connectivity index (χ0n) is 11.5. The molecule has 0 bridgehead atoms. The molecule has 0 aliphatic heterocycles. The molecule has 0 radical (unpaired) electrons. The maximum absolute atomic E-state index is 12.5. The maximum atomic E-state index is 12.5. The van der Waals surface area contributed by atoms with Crippen LogP contribution in [0.5, 0.6) is 5.75 Å². The van der Waals surface area contributed by atoms with Gasteiger partial charge in [0.15, 0.2) is 11.5 Å². The number of benzene rings is 1. The van der Waals surface area contributed by atoms with Gasteiger partial charge in [0.25, 0.3) is 0 Å². The lowest BCUT2D eigenvalue weighted by atomic mass is 10.1. The van der Waals surface area contributed by atoms with E-state index >= 15 is 0 Å². The summed E-state index contributed by atoms with van der Waals surface area (Å²) in [6.07, 6.45) is 0. The van der Waals surface area contributed by atoms with E-state index in [1.165, 1.54) is 6.92 Å². The molecule has 0 saturated carbocycles. The molecule has 0 atom stereocenters. The third-order valence-electron chi connectivity index (χ3n) is 2.54. The predicted molar refractivity (Wildman–Crippen MR) is 72.4 cm³/mol. The third-order valence-corrected chi connectivity index (χ3v) is 3.88. The van der Waals surface area contributed by atoms with Crippen molar-refractivity contribution in [1.82, 2.24) is 0 Å². The molecule has 11 heteroatoms. The number of nitrogens with one attached hydrogen (secondary N) is 1. The minimum Gasteiger partial charge on any atom is -0.373 e. The molecule has 22 heavy (non-hydrogen) atoms. The van der Waals surface area contributed by atoms with Crippen molar-refractivity contribution in [2.24, 2.45) is 0 Å². The van der Waals surface area contributed by atoms with Crippen LogP contribution in [0.2, 0.25) is 5.02 Å². The van der Waals surface area contributed by atoms with Gasteiger partial charge < -0.3 is 4.18 Å². The summed E-state index contributed by atoms with van der Waals surface area (Å²) in [6, 6.07) is 1.02. The topological polar surface area (TPSA) is 81.7 Å². The Kier molecular flexibility index (Phi) is 5.31. The first-order chi connectivity index (χ1) is 9.92. The number of hydrogen-bond acceptors (Lipinski definition) is 6. The summed E-state index contributed by atoms with van der Waals surface area (Å²) in [6.45, 7) is 2.39. The van der Waals surface area contributed by atoms with Gasteiger partial charge in [0.05, 0.1) is 12.7 Å². The molecular formula is C11H11ClF3NO5S. The number of carbonyl (C=O) groups excluding carboxylic acids is 1. The molecule has 124 valence electrons. The largest absolute Gasteiger partial charge is 0.534 e. The third kappa shape index (κ3) is 3.62. The number of halogens is 4. The highest BCUT2D eigenvalue weighted by Gasteiger charge is 2.49. The molecule has 1 aromatic carbocycles. The first kappa shape index (κ1) is 18.5. The second-order valence-electron chi connectivity index (χ2n) is 4.08. The number of rotatable bonds is 5. The van der Waals surface area contributed by atoms with Crippen molar-refractivity contribution in [3.8, 4) is 5.75 Å². The molecular weight excluding hydrogens is 351 g/mol. The zero-order chi connectivity index (χ0) is 17.3. The summed E-state index contributed by atoms with van der Waals surface area (Å²) in [4.78, 5) is 16.1. The van der Waals surface area contributed by atoms with Crippen molar-refractivity contribution in [2.75, 3.05) is 12.6 Å². The van der Waals surface area contributed by atoms with Crippen LogP contribution in [0, 0.1) is 6.92 Å². The number of anilines is 1. The van der Waals surface area contributed by atoms with Gasteiger partial charge in [0.2, 0.25) is 0 Å². The Hall–Kier alpha value is -1.52. The molecule has 0 heterocycles. The normalized spacial score (nSPS) is 12.1. The molecule has 0 unspecified atom stereocenters. The van der Waals surface area contributed by atoms with Crippen LogP contribution in [0.4, 0.5) is 18.9 Å². The first-order valence-electron chi connectivity index (χ1n) is 5.56. The van der Waals surface area contributed by atoms with Crippen LogP contribution >= 0.6 is 11.6 Å². The van der Waals surface area contributed by atoms with Crippen LogP contribution in [0.15, 0.2) is 6.07 Å². The monoisotopic (exact) mass is 361 g/mol. The van der Waals surface area contributed by atoms with Crippen LogP contribution in [0.1, 0.15) is 22.8 Å². The number of ketones is 1. The van der Waals surface area contributed by atoms with Gasteiger partial charge in [-0.05, 0) is 25.5 Å². The van der Waals surface area contributed by atoms with Gasteiger partial charge in [-0.2, -0.15) is 21.6 Å². The van der Waals surface area contributed by atoms with E-state index in [4.69, 9.17) is 11.6 Å². The Morgan fingerprint density at radius 3 is 2.32 bits per heavy atom. The van der Waals surface area contributed by atoms with Gasteiger partial charge in [-0.25, -0.2) is 0 Å². The van der Waals surface area contributed by atoms with Crippen LogP contribution in [0.25, 0.3) is 0 Å². The molecule has 6 nitrogen and oxygen atoms in total. The molecule has 0 amide bonds. The van der Waals surface area contributed by atoms with Crippen molar-refractivity contribution in [3.05, 3.63) is 22.2 Å². The molecule has 0 spiro atoms. The fraction of sp³-hybridized carbons (Fsp3) is 0.364. The van der Waals surface area contributed by atoms with Gasteiger partial charge in [-0.1, -0.05) is 11.6 Å². The number of Topliss-reactive ketones (excluding diaryl/α,β-unsaturated/α-hetero) is 1. The van der Waals surface area contributed by atoms with Crippen molar-refractivity contribution in [3.63, 3.8) is 0 Å². The van der Waals surface area contributed by atoms with E-state index in [-0.39, 0.29) is 16.3 Å². The first-order valence-corrected chi connectivity index (χ1v) is 7.34. The SMILES string of the molecule is CONc1c(C)c(Cl)cc(C(C)=O)c1OS(=O)(=O)C(F)(F)F. The van der Waals surface area contributed by atoms with Crippen LogP contribution in [0.3, 0.4) is 0 Å². The van der Waals surface area contributed by atoms with Crippen molar-refractivity contribution < 1.29 is 35.4 Å². The van der Waals surface area contributed by atoms with Crippen molar-refractivity contribution >= 4 is 33.2 Å². The Balaban J connectivity index is 3.63. The summed E-state index contributed by atoms with van der Waals surface area (Å²) in [5, 5.41) is 0.0153. The molecule has 1 N–H and O–H groups in total. The van der Waals surface area contributed by atoms with Gasteiger partial charge in [0, 0.05) is 5.02 Å². The van der Waals surface area contributed by atoms with Gasteiger partial charge >= 0.3 is 15.6 Å². The lowest BCUT2D eigenvalue weighted by Crippen LogP contribution is -2.29. The summed E-state index contributed by atoms with van der Waals surface area (Å²) >= 11 is 5.86. The lowest BCUT2D eigenvalue weighted by molar-refractivity contribution is -0.0500. The standard InChI is InChI=1S/C11H11ClF3NO5S/c1-5-8(12)4-7(6(2)17)10(9(5)16-20-3)21-22(18,19)11(13,14)15/h4,16H,1-3H3. The quantitative estimate of drug-likeness (QED) is 0.376. The van der Waals surface area contributed by atoms with E-state index in [1.807, 2.05) is 0 Å². The minimum absolute atomic E-state index is 0.0153. The van der Waals surface area contributed by atoms with E-state index in [2.05, 4.69) is 14.5 Å². The van der Waals surface area contributed by atoms with E-state index < -0.39 is 32.7 Å². The molecule has 0 aliphatic carbocycles. The summed E-state index contributed by atoms with van der Waals surface area (Å²) in [5.41, 5.74) is -4.09. The second kappa shape index (κ2) is 6.31. The summed E-state index contributed by atoms with van der Waals surface area (Å²) < 4.78 is 63.9. The number of hydrogen-bond donors (Lipinski definition) is 1. The smallest absolute Gasteiger partial charge is 0.373 e. The van der Waals surface area contributed by atoms with E-state index in [0.29, 0.717) is 0 Å². The summed E-state index contributed by atoms with van der Waals surface area (Å²) in [7, 11) is -4.83. The van der Waals surface area contributed by atoms with Crippen molar-refractivity contribution in [2.45, 2.75) is 19.4 Å². The highest BCUT2D eigenvalue weighted by Crippen LogP contribution is 2.40. The van der Waals surface area contributed by atoms with Crippen LogP contribution < -0.4 is 9.66 Å². The number of carbonyl (C=O) groups is 1. The Labute approximate surface area is 129 Å². The van der Waals surface area contributed by atoms with Gasteiger partial charge in [-0.3, -0.25) is 15.1 Å². The molecule has 0 aromatic heterocycles.